The second-order valence-corrected chi connectivity index (χ2v) is 7.51. The van der Waals surface area contributed by atoms with E-state index < -0.39 is 5.60 Å². The molecule has 1 aromatic heterocycles. The van der Waals surface area contributed by atoms with Crippen molar-refractivity contribution in [1.29, 1.82) is 0 Å². The second kappa shape index (κ2) is 6.85. The quantitative estimate of drug-likeness (QED) is 0.903. The zero-order valence-electron chi connectivity index (χ0n) is 14.8. The van der Waals surface area contributed by atoms with Gasteiger partial charge in [0.2, 0.25) is 0 Å². The molecule has 2 N–H and O–H groups in total. The fourth-order valence-electron chi connectivity index (χ4n) is 3.17. The third-order valence-corrected chi connectivity index (χ3v) is 4.33. The van der Waals surface area contributed by atoms with Crippen LogP contribution < -0.4 is 5.32 Å². The fraction of sp³-hybridized carbons (Fsp3) is 0.526. The van der Waals surface area contributed by atoms with Crippen LogP contribution in [0.1, 0.15) is 39.2 Å². The van der Waals surface area contributed by atoms with Crippen molar-refractivity contribution in [3.63, 3.8) is 0 Å². The van der Waals surface area contributed by atoms with Gasteiger partial charge in [0.1, 0.15) is 5.60 Å². The molecule has 1 aromatic carbocycles. The predicted octanol–water partition coefficient (Wildman–Crippen LogP) is 3.66. The van der Waals surface area contributed by atoms with E-state index in [0.717, 1.165) is 31.4 Å². The molecule has 0 radical (unpaired) electrons. The number of likely N-dealkylation sites (tertiary alicyclic amines) is 1. The van der Waals surface area contributed by atoms with Gasteiger partial charge >= 0.3 is 6.09 Å². The minimum absolute atomic E-state index is 0.207. The second-order valence-electron chi connectivity index (χ2n) is 7.51. The number of ether oxygens (including phenoxy) is 1. The topological polar surface area (TPSA) is 57.4 Å². The number of aromatic nitrogens is 1. The normalized spacial score (nSPS) is 18.8. The Morgan fingerprint density at radius 3 is 2.96 bits per heavy atom. The summed E-state index contributed by atoms with van der Waals surface area (Å²) in [6.45, 7) is 8.00. The summed E-state index contributed by atoms with van der Waals surface area (Å²) in [5.41, 5.74) is 1.98. The number of nitrogens with one attached hydrogen (secondary N) is 2. The summed E-state index contributed by atoms with van der Waals surface area (Å²) in [6, 6.07) is 8.63. The van der Waals surface area contributed by atoms with Crippen LogP contribution in [-0.4, -0.2) is 40.7 Å². The average Bonchev–Trinajstić information content (AvgIpc) is 2.95. The lowest BCUT2D eigenvalue weighted by atomic mass is 10.1. The number of piperidine rings is 1. The van der Waals surface area contributed by atoms with Crippen LogP contribution >= 0.6 is 0 Å². The molecule has 1 fully saturated rings. The molecule has 24 heavy (non-hydrogen) atoms. The number of para-hydroxylation sites is 1. The van der Waals surface area contributed by atoms with E-state index in [4.69, 9.17) is 4.74 Å². The number of benzene rings is 1. The van der Waals surface area contributed by atoms with Crippen molar-refractivity contribution in [2.45, 2.75) is 51.8 Å². The first-order valence-electron chi connectivity index (χ1n) is 8.69. The number of amides is 1. The number of aromatic amines is 1. The number of H-pyrrole nitrogens is 1. The molecule has 130 valence electrons. The van der Waals surface area contributed by atoms with Gasteiger partial charge in [0.05, 0.1) is 0 Å². The molecule has 5 nitrogen and oxygen atoms in total. The monoisotopic (exact) mass is 329 g/mol. The van der Waals surface area contributed by atoms with E-state index in [-0.39, 0.29) is 6.09 Å². The molecule has 0 unspecified atom stereocenters. The number of carbonyl (C=O) groups excluding carboxylic acids is 1. The largest absolute Gasteiger partial charge is 0.444 e. The Morgan fingerprint density at radius 1 is 1.38 bits per heavy atom. The molecule has 1 atom stereocenters. The first kappa shape index (κ1) is 16.8. The first-order valence-corrected chi connectivity index (χ1v) is 8.69. The van der Waals surface area contributed by atoms with Crippen molar-refractivity contribution in [2.24, 2.45) is 0 Å². The molecule has 1 amide bonds. The number of hydrogen-bond acceptors (Lipinski definition) is 3. The minimum Gasteiger partial charge on any atom is -0.444 e. The fourth-order valence-corrected chi connectivity index (χ4v) is 3.17. The summed E-state index contributed by atoms with van der Waals surface area (Å²) in [4.78, 5) is 17.4. The summed E-state index contributed by atoms with van der Waals surface area (Å²) in [6.07, 6.45) is 3.94. The van der Waals surface area contributed by atoms with E-state index in [2.05, 4.69) is 34.7 Å². The van der Waals surface area contributed by atoms with Gasteiger partial charge in [-0.15, -0.1) is 0 Å². The number of fused-ring (bicyclic) bond motifs is 1. The molecule has 1 aliphatic heterocycles. The number of nitrogens with zero attached hydrogens (tertiary/aromatic N) is 1. The Morgan fingerprint density at radius 2 is 2.17 bits per heavy atom. The van der Waals surface area contributed by atoms with Gasteiger partial charge in [0, 0.05) is 42.8 Å². The summed E-state index contributed by atoms with van der Waals surface area (Å²) in [5, 5.41) is 4.85. The number of hydrogen-bond donors (Lipinski definition) is 2. The van der Waals surface area contributed by atoms with Gasteiger partial charge in [-0.05, 0) is 45.2 Å². The molecule has 0 saturated carbocycles. The van der Waals surface area contributed by atoms with Crippen molar-refractivity contribution in [2.75, 3.05) is 13.1 Å². The van der Waals surface area contributed by atoms with E-state index >= 15 is 0 Å². The van der Waals surface area contributed by atoms with Gasteiger partial charge in [-0.2, -0.15) is 0 Å². The standard InChI is InChI=1S/C19H27N3O2/c1-19(2,3)24-18(23)22-10-6-7-15(13-22)20-11-14-12-21-17-9-5-4-8-16(14)17/h4-5,8-9,12,15,20-21H,6-7,10-11,13H2,1-3H3/t15-/m0/s1. The van der Waals surface area contributed by atoms with Gasteiger partial charge in [-0.25, -0.2) is 4.79 Å². The van der Waals surface area contributed by atoms with Gasteiger partial charge in [-0.1, -0.05) is 18.2 Å². The Bertz CT molecular complexity index is 702. The lowest BCUT2D eigenvalue weighted by Gasteiger charge is -2.34. The number of rotatable bonds is 3. The molecular weight excluding hydrogens is 302 g/mol. The molecule has 5 heteroatoms. The summed E-state index contributed by atoms with van der Waals surface area (Å²) < 4.78 is 5.49. The van der Waals surface area contributed by atoms with Crippen molar-refractivity contribution >= 4 is 17.0 Å². The van der Waals surface area contributed by atoms with E-state index in [1.54, 1.807) is 0 Å². The van der Waals surface area contributed by atoms with Gasteiger partial charge in [-0.3, -0.25) is 0 Å². The predicted molar refractivity (Wildman–Crippen MR) is 96.0 cm³/mol. The van der Waals surface area contributed by atoms with Crippen molar-refractivity contribution in [1.82, 2.24) is 15.2 Å². The van der Waals surface area contributed by atoms with Crippen LogP contribution in [0.15, 0.2) is 30.5 Å². The average molecular weight is 329 g/mol. The highest BCUT2D eigenvalue weighted by atomic mass is 16.6. The summed E-state index contributed by atoms with van der Waals surface area (Å²) >= 11 is 0. The Balaban J connectivity index is 1.57. The minimum atomic E-state index is -0.443. The SMILES string of the molecule is CC(C)(C)OC(=O)N1CCC[C@H](NCc2c[nH]c3ccccc23)C1. The molecule has 1 saturated heterocycles. The first-order chi connectivity index (χ1) is 11.4. The maximum Gasteiger partial charge on any atom is 0.410 e. The molecule has 1 aliphatic rings. The molecule has 0 spiro atoms. The molecule has 0 aliphatic carbocycles. The zero-order chi connectivity index (χ0) is 17.2. The summed E-state index contributed by atoms with van der Waals surface area (Å²) in [5.74, 6) is 0. The third kappa shape index (κ3) is 4.09. The van der Waals surface area contributed by atoms with Crippen LogP contribution in [-0.2, 0) is 11.3 Å². The van der Waals surface area contributed by atoms with Gasteiger partial charge in [0.25, 0.3) is 0 Å². The molecular formula is C19H27N3O2. The van der Waals surface area contributed by atoms with E-state index in [1.165, 1.54) is 10.9 Å². The molecule has 2 aromatic rings. The summed E-state index contributed by atoms with van der Waals surface area (Å²) in [7, 11) is 0. The van der Waals surface area contributed by atoms with Gasteiger partial charge in [0.15, 0.2) is 0 Å². The number of carbonyl (C=O) groups is 1. The molecule has 2 heterocycles. The van der Waals surface area contributed by atoms with Crippen LogP contribution in [0.2, 0.25) is 0 Å². The zero-order valence-corrected chi connectivity index (χ0v) is 14.8. The molecule has 3 rings (SSSR count). The maximum absolute atomic E-state index is 12.2. The Kier molecular flexibility index (Phi) is 4.81. The van der Waals surface area contributed by atoms with Crippen LogP contribution in [0.3, 0.4) is 0 Å². The van der Waals surface area contributed by atoms with E-state index in [9.17, 15) is 4.79 Å². The van der Waals surface area contributed by atoms with E-state index in [0.29, 0.717) is 12.6 Å². The Labute approximate surface area is 143 Å². The molecule has 0 bridgehead atoms. The highest BCUT2D eigenvalue weighted by Crippen LogP contribution is 2.19. The maximum atomic E-state index is 12.2. The van der Waals surface area contributed by atoms with Crippen molar-refractivity contribution in [3.05, 3.63) is 36.0 Å². The van der Waals surface area contributed by atoms with Crippen molar-refractivity contribution in [3.8, 4) is 0 Å². The lowest BCUT2D eigenvalue weighted by molar-refractivity contribution is 0.0187. The van der Waals surface area contributed by atoms with Crippen LogP contribution in [0, 0.1) is 0 Å². The smallest absolute Gasteiger partial charge is 0.410 e. The third-order valence-electron chi connectivity index (χ3n) is 4.33. The van der Waals surface area contributed by atoms with Crippen molar-refractivity contribution < 1.29 is 9.53 Å². The van der Waals surface area contributed by atoms with Gasteiger partial charge < -0.3 is 19.9 Å². The van der Waals surface area contributed by atoms with E-state index in [1.807, 2.05) is 31.7 Å². The van der Waals surface area contributed by atoms with Crippen LogP contribution in [0.25, 0.3) is 10.9 Å². The highest BCUT2D eigenvalue weighted by Gasteiger charge is 2.27. The van der Waals surface area contributed by atoms with Crippen LogP contribution in [0.4, 0.5) is 4.79 Å². The Hall–Kier alpha value is -2.01. The highest BCUT2D eigenvalue weighted by molar-refractivity contribution is 5.82. The van der Waals surface area contributed by atoms with Crippen LogP contribution in [0.5, 0.6) is 0 Å². The lowest BCUT2D eigenvalue weighted by Crippen LogP contribution is -2.49.